The Balaban J connectivity index is 1.74. The number of hydrogen-bond acceptors (Lipinski definition) is 4. The van der Waals surface area contributed by atoms with E-state index in [2.05, 4.69) is 36.8 Å². The molecule has 0 saturated heterocycles. The van der Waals surface area contributed by atoms with Gasteiger partial charge in [-0.05, 0) is 65.4 Å². The maximum atomic E-state index is 12.3. The number of nitrogens with zero attached hydrogens (tertiary/aromatic N) is 4. The molecule has 8 heteroatoms. The van der Waals surface area contributed by atoms with Crippen LogP contribution in [0.4, 0.5) is 5.69 Å². The second kappa shape index (κ2) is 7.11. The highest BCUT2D eigenvalue weighted by Crippen LogP contribution is 2.21. The summed E-state index contributed by atoms with van der Waals surface area (Å²) in [6.07, 6.45) is 0. The van der Waals surface area contributed by atoms with Crippen molar-refractivity contribution in [1.29, 1.82) is 0 Å². The number of anilines is 1. The van der Waals surface area contributed by atoms with E-state index in [1.807, 2.05) is 25.1 Å². The first-order valence-corrected chi connectivity index (χ1v) is 8.28. The standard InChI is InChI=1S/C16H13BrClN5O/c1-10-8-13(6-7-14(10)17)19-15(24)9-23-16(20-21-22-23)11-2-4-12(18)5-3-11/h2-8H,9H2,1H3,(H,19,24). The van der Waals surface area contributed by atoms with Crippen LogP contribution in [0.15, 0.2) is 46.9 Å². The first kappa shape index (κ1) is 16.6. The van der Waals surface area contributed by atoms with Crippen molar-refractivity contribution in [3.8, 4) is 11.4 Å². The van der Waals surface area contributed by atoms with E-state index in [0.29, 0.717) is 10.8 Å². The van der Waals surface area contributed by atoms with Crippen molar-refractivity contribution in [2.24, 2.45) is 0 Å². The molecule has 3 rings (SSSR count). The molecule has 0 unspecified atom stereocenters. The third-order valence-electron chi connectivity index (χ3n) is 3.37. The lowest BCUT2D eigenvalue weighted by Crippen LogP contribution is -2.20. The summed E-state index contributed by atoms with van der Waals surface area (Å²) >= 11 is 9.32. The second-order valence-electron chi connectivity index (χ2n) is 5.18. The van der Waals surface area contributed by atoms with E-state index in [-0.39, 0.29) is 12.5 Å². The number of aromatic nitrogens is 4. The van der Waals surface area contributed by atoms with Gasteiger partial charge in [0.2, 0.25) is 5.91 Å². The minimum absolute atomic E-state index is 0.0140. The monoisotopic (exact) mass is 405 g/mol. The Kier molecular flexibility index (Phi) is 4.92. The third-order valence-corrected chi connectivity index (χ3v) is 4.51. The van der Waals surface area contributed by atoms with Crippen molar-refractivity contribution < 1.29 is 4.79 Å². The molecule has 0 saturated carbocycles. The zero-order chi connectivity index (χ0) is 17.1. The number of carbonyl (C=O) groups is 1. The number of halogens is 2. The lowest BCUT2D eigenvalue weighted by Gasteiger charge is -2.08. The van der Waals surface area contributed by atoms with E-state index < -0.39 is 0 Å². The summed E-state index contributed by atoms with van der Waals surface area (Å²) in [7, 11) is 0. The minimum atomic E-state index is -0.209. The van der Waals surface area contributed by atoms with Crippen molar-refractivity contribution in [2.75, 3.05) is 5.32 Å². The van der Waals surface area contributed by atoms with Crippen molar-refractivity contribution >= 4 is 39.1 Å². The molecular weight excluding hydrogens is 394 g/mol. The first-order valence-electron chi connectivity index (χ1n) is 7.11. The van der Waals surface area contributed by atoms with Crippen LogP contribution in [-0.4, -0.2) is 26.1 Å². The van der Waals surface area contributed by atoms with Crippen LogP contribution in [0.1, 0.15) is 5.56 Å². The fourth-order valence-electron chi connectivity index (χ4n) is 2.18. The molecule has 0 aliphatic rings. The molecule has 0 radical (unpaired) electrons. The maximum Gasteiger partial charge on any atom is 0.246 e. The van der Waals surface area contributed by atoms with Crippen LogP contribution < -0.4 is 5.32 Å². The topological polar surface area (TPSA) is 72.7 Å². The molecule has 122 valence electrons. The zero-order valence-electron chi connectivity index (χ0n) is 12.7. The van der Waals surface area contributed by atoms with Crippen LogP contribution >= 0.6 is 27.5 Å². The highest BCUT2D eigenvalue weighted by Gasteiger charge is 2.12. The van der Waals surface area contributed by atoms with E-state index in [1.54, 1.807) is 24.3 Å². The van der Waals surface area contributed by atoms with Crippen molar-refractivity contribution in [3.05, 3.63) is 57.5 Å². The SMILES string of the molecule is Cc1cc(NC(=O)Cn2nnnc2-c2ccc(Cl)cc2)ccc1Br. The van der Waals surface area contributed by atoms with Gasteiger partial charge >= 0.3 is 0 Å². The highest BCUT2D eigenvalue weighted by atomic mass is 79.9. The number of nitrogens with one attached hydrogen (secondary N) is 1. The largest absolute Gasteiger partial charge is 0.324 e. The van der Waals surface area contributed by atoms with Gasteiger partial charge in [-0.3, -0.25) is 4.79 Å². The third kappa shape index (κ3) is 3.80. The van der Waals surface area contributed by atoms with E-state index in [9.17, 15) is 4.79 Å². The Labute approximate surface area is 152 Å². The second-order valence-corrected chi connectivity index (χ2v) is 6.47. The van der Waals surface area contributed by atoms with Crippen LogP contribution in [0, 0.1) is 6.92 Å². The normalized spacial score (nSPS) is 10.6. The van der Waals surface area contributed by atoms with E-state index in [0.717, 1.165) is 21.3 Å². The zero-order valence-corrected chi connectivity index (χ0v) is 15.0. The first-order chi connectivity index (χ1) is 11.5. The van der Waals surface area contributed by atoms with Gasteiger partial charge in [-0.2, -0.15) is 0 Å². The number of carbonyl (C=O) groups excluding carboxylic acids is 1. The van der Waals surface area contributed by atoms with Crippen LogP contribution in [0.5, 0.6) is 0 Å². The quantitative estimate of drug-likeness (QED) is 0.717. The van der Waals surface area contributed by atoms with Gasteiger partial charge in [0.05, 0.1) is 0 Å². The molecule has 1 amide bonds. The Morgan fingerprint density at radius 3 is 2.71 bits per heavy atom. The van der Waals surface area contributed by atoms with Crippen molar-refractivity contribution in [3.63, 3.8) is 0 Å². The summed E-state index contributed by atoms with van der Waals surface area (Å²) < 4.78 is 2.44. The lowest BCUT2D eigenvalue weighted by atomic mass is 10.2. The van der Waals surface area contributed by atoms with Crippen LogP contribution in [0.25, 0.3) is 11.4 Å². The van der Waals surface area contributed by atoms with Gasteiger partial charge in [-0.1, -0.05) is 27.5 Å². The number of hydrogen-bond donors (Lipinski definition) is 1. The lowest BCUT2D eigenvalue weighted by molar-refractivity contribution is -0.116. The fourth-order valence-corrected chi connectivity index (χ4v) is 2.55. The molecule has 3 aromatic rings. The van der Waals surface area contributed by atoms with Crippen LogP contribution in [-0.2, 0) is 11.3 Å². The van der Waals surface area contributed by atoms with Gasteiger partial charge in [-0.25, -0.2) is 4.68 Å². The average molecular weight is 407 g/mol. The van der Waals surface area contributed by atoms with Gasteiger partial charge in [0.1, 0.15) is 6.54 Å². The van der Waals surface area contributed by atoms with Gasteiger partial charge in [0.25, 0.3) is 0 Å². The molecule has 0 aliphatic carbocycles. The predicted molar refractivity (Wildman–Crippen MR) is 95.8 cm³/mol. The number of aryl methyl sites for hydroxylation is 1. The molecule has 24 heavy (non-hydrogen) atoms. The summed E-state index contributed by atoms with van der Waals surface area (Å²) in [4.78, 5) is 12.3. The van der Waals surface area contributed by atoms with Gasteiger partial charge in [-0.15, -0.1) is 5.10 Å². The predicted octanol–water partition coefficient (Wildman–Crippen LogP) is 3.70. The number of amides is 1. The summed E-state index contributed by atoms with van der Waals surface area (Å²) in [5.41, 5.74) is 2.55. The molecule has 1 N–H and O–H groups in total. The Bertz CT molecular complexity index is 878. The molecule has 1 heterocycles. The molecular formula is C16H13BrClN5O. The fraction of sp³-hybridized carbons (Fsp3) is 0.125. The molecule has 1 aromatic heterocycles. The smallest absolute Gasteiger partial charge is 0.246 e. The Morgan fingerprint density at radius 1 is 1.25 bits per heavy atom. The number of benzene rings is 2. The van der Waals surface area contributed by atoms with Crippen molar-refractivity contribution in [1.82, 2.24) is 20.2 Å². The van der Waals surface area contributed by atoms with Crippen LogP contribution in [0.2, 0.25) is 5.02 Å². The van der Waals surface area contributed by atoms with Gasteiger partial charge in [0, 0.05) is 20.7 Å². The molecule has 6 nitrogen and oxygen atoms in total. The van der Waals surface area contributed by atoms with Gasteiger partial charge < -0.3 is 5.32 Å². The molecule has 0 spiro atoms. The van der Waals surface area contributed by atoms with E-state index in [4.69, 9.17) is 11.6 Å². The molecule has 0 aliphatic heterocycles. The number of tetrazole rings is 1. The van der Waals surface area contributed by atoms with Gasteiger partial charge in [0.15, 0.2) is 5.82 Å². The number of rotatable bonds is 4. The minimum Gasteiger partial charge on any atom is -0.324 e. The maximum absolute atomic E-state index is 12.3. The molecule has 0 atom stereocenters. The van der Waals surface area contributed by atoms with E-state index in [1.165, 1.54) is 4.68 Å². The van der Waals surface area contributed by atoms with Crippen LogP contribution in [0.3, 0.4) is 0 Å². The molecule has 0 bridgehead atoms. The molecule has 2 aromatic carbocycles. The Hall–Kier alpha value is -2.25. The summed E-state index contributed by atoms with van der Waals surface area (Å²) in [6, 6.07) is 12.7. The summed E-state index contributed by atoms with van der Waals surface area (Å²) in [6.45, 7) is 1.97. The summed E-state index contributed by atoms with van der Waals surface area (Å²) in [5, 5.41) is 15.0. The van der Waals surface area contributed by atoms with E-state index >= 15 is 0 Å². The highest BCUT2D eigenvalue weighted by molar-refractivity contribution is 9.10. The summed E-state index contributed by atoms with van der Waals surface area (Å²) in [5.74, 6) is 0.299. The molecule has 0 fully saturated rings. The Morgan fingerprint density at radius 2 is 2.00 bits per heavy atom. The van der Waals surface area contributed by atoms with Crippen molar-refractivity contribution in [2.45, 2.75) is 13.5 Å². The average Bonchev–Trinajstić information content (AvgIpc) is 2.99.